The monoisotopic (exact) mass is 411 g/mol. The van der Waals surface area contributed by atoms with E-state index >= 15 is 0 Å². The Kier molecular flexibility index (Phi) is 6.24. The molecule has 0 aliphatic heterocycles. The average Bonchev–Trinajstić information content (AvgIpc) is 3.01. The summed E-state index contributed by atoms with van der Waals surface area (Å²) in [6, 6.07) is 17.4. The highest BCUT2D eigenvalue weighted by molar-refractivity contribution is 7.89. The van der Waals surface area contributed by atoms with Crippen molar-refractivity contribution in [3.05, 3.63) is 77.1 Å². The van der Waals surface area contributed by atoms with E-state index in [1.165, 1.54) is 5.56 Å². The predicted octanol–water partition coefficient (Wildman–Crippen LogP) is 5.04. The lowest BCUT2D eigenvalue weighted by Crippen LogP contribution is -2.29. The van der Waals surface area contributed by atoms with Crippen LogP contribution in [0.3, 0.4) is 0 Å². The Balaban J connectivity index is 1.93. The number of nitrogens with zero attached hydrogens (tertiary/aromatic N) is 2. The number of rotatable bonds is 7. The second kappa shape index (κ2) is 8.51. The Morgan fingerprint density at radius 1 is 0.966 bits per heavy atom. The van der Waals surface area contributed by atoms with Gasteiger partial charge in [-0.05, 0) is 49.4 Å². The van der Waals surface area contributed by atoms with E-state index in [2.05, 4.69) is 35.8 Å². The molecule has 0 amide bonds. The second-order valence-corrected chi connectivity index (χ2v) is 9.30. The van der Waals surface area contributed by atoms with Crippen LogP contribution >= 0.6 is 0 Å². The Bertz CT molecular complexity index is 1070. The largest absolute Gasteiger partial charge is 0.244 e. The third-order valence-corrected chi connectivity index (χ3v) is 6.93. The summed E-state index contributed by atoms with van der Waals surface area (Å²) in [5.41, 5.74) is 4.13. The Labute approximate surface area is 173 Å². The minimum atomic E-state index is -3.73. The van der Waals surface area contributed by atoms with E-state index in [9.17, 15) is 8.42 Å². The lowest BCUT2D eigenvalue weighted by atomic mass is 9.98. The molecule has 1 heterocycles. The van der Waals surface area contributed by atoms with E-state index in [-0.39, 0.29) is 10.9 Å². The first-order chi connectivity index (χ1) is 13.7. The second-order valence-electron chi connectivity index (χ2n) is 7.65. The van der Waals surface area contributed by atoms with Crippen LogP contribution in [0.25, 0.3) is 5.69 Å². The molecule has 0 radical (unpaired) electrons. The van der Waals surface area contributed by atoms with Crippen LogP contribution in [0, 0.1) is 13.8 Å². The van der Waals surface area contributed by atoms with Crippen molar-refractivity contribution in [2.45, 2.75) is 57.9 Å². The van der Waals surface area contributed by atoms with Crippen LogP contribution in [0.2, 0.25) is 0 Å². The van der Waals surface area contributed by atoms with Gasteiger partial charge in [0.1, 0.15) is 4.90 Å². The van der Waals surface area contributed by atoms with E-state index < -0.39 is 10.0 Å². The molecular formula is C23H29N3O2S. The van der Waals surface area contributed by atoms with Crippen LogP contribution in [0.15, 0.2) is 59.5 Å². The molecule has 6 heteroatoms. The van der Waals surface area contributed by atoms with Gasteiger partial charge in [-0.15, -0.1) is 0 Å². The maximum absolute atomic E-state index is 13.3. The van der Waals surface area contributed by atoms with Crippen molar-refractivity contribution in [2.75, 3.05) is 0 Å². The third-order valence-electron chi connectivity index (χ3n) is 5.21. The van der Waals surface area contributed by atoms with Gasteiger partial charge in [-0.2, -0.15) is 5.10 Å². The zero-order valence-corrected chi connectivity index (χ0v) is 18.5. The van der Waals surface area contributed by atoms with Crippen molar-refractivity contribution < 1.29 is 8.42 Å². The number of sulfonamides is 1. The zero-order valence-electron chi connectivity index (χ0n) is 17.7. The molecule has 154 valence electrons. The van der Waals surface area contributed by atoms with Gasteiger partial charge >= 0.3 is 0 Å². The molecule has 0 saturated carbocycles. The van der Waals surface area contributed by atoms with Crippen molar-refractivity contribution >= 4 is 10.0 Å². The molecule has 1 atom stereocenters. The molecule has 29 heavy (non-hydrogen) atoms. The lowest BCUT2D eigenvalue weighted by Gasteiger charge is -2.18. The SMILES string of the molecule is CCC(NS(=O)(=O)c1c(C)nn(-c2ccccc2)c1C)c1ccc(C(C)C)cc1. The fourth-order valence-corrected chi connectivity index (χ4v) is 5.28. The van der Waals surface area contributed by atoms with Crippen LogP contribution in [-0.2, 0) is 10.0 Å². The number of aryl methyl sites for hydroxylation is 1. The number of aromatic nitrogens is 2. The first-order valence-electron chi connectivity index (χ1n) is 9.98. The standard InChI is InChI=1S/C23H29N3O2S/c1-6-22(20-14-12-19(13-15-20)16(2)3)25-29(27,28)23-17(4)24-26(18(23)5)21-10-8-7-9-11-21/h7-16,22,25H,6H2,1-5H3. The minimum absolute atomic E-state index is 0.249. The highest BCUT2D eigenvalue weighted by Gasteiger charge is 2.27. The van der Waals surface area contributed by atoms with Gasteiger partial charge in [-0.25, -0.2) is 17.8 Å². The number of hydrogen-bond donors (Lipinski definition) is 1. The van der Waals surface area contributed by atoms with E-state index in [0.717, 1.165) is 11.3 Å². The predicted molar refractivity (Wildman–Crippen MR) is 117 cm³/mol. The molecule has 3 aromatic rings. The Morgan fingerprint density at radius 3 is 2.10 bits per heavy atom. The van der Waals surface area contributed by atoms with Gasteiger partial charge in [0.15, 0.2) is 0 Å². The van der Waals surface area contributed by atoms with Crippen molar-refractivity contribution in [2.24, 2.45) is 0 Å². The third kappa shape index (κ3) is 4.43. The van der Waals surface area contributed by atoms with E-state index in [1.54, 1.807) is 18.5 Å². The molecule has 0 spiro atoms. The highest BCUT2D eigenvalue weighted by atomic mass is 32.2. The first-order valence-corrected chi connectivity index (χ1v) is 11.5. The molecule has 1 aromatic heterocycles. The van der Waals surface area contributed by atoms with E-state index in [4.69, 9.17) is 0 Å². The topological polar surface area (TPSA) is 64.0 Å². The Morgan fingerprint density at radius 2 is 1.55 bits per heavy atom. The fraction of sp³-hybridized carbons (Fsp3) is 0.348. The van der Waals surface area contributed by atoms with Crippen molar-refractivity contribution in [1.82, 2.24) is 14.5 Å². The van der Waals surface area contributed by atoms with Crippen molar-refractivity contribution in [1.29, 1.82) is 0 Å². The molecule has 0 fully saturated rings. The molecule has 1 N–H and O–H groups in total. The Hall–Kier alpha value is -2.44. The quantitative estimate of drug-likeness (QED) is 0.592. The molecular weight excluding hydrogens is 382 g/mol. The summed E-state index contributed by atoms with van der Waals surface area (Å²) in [5.74, 6) is 0.440. The number of para-hydroxylation sites is 1. The van der Waals surface area contributed by atoms with Gasteiger partial charge < -0.3 is 0 Å². The summed E-state index contributed by atoms with van der Waals surface area (Å²) < 4.78 is 31.1. The maximum atomic E-state index is 13.3. The van der Waals surface area contributed by atoms with Gasteiger partial charge in [0.25, 0.3) is 0 Å². The summed E-state index contributed by atoms with van der Waals surface area (Å²) in [6.45, 7) is 9.80. The zero-order chi connectivity index (χ0) is 21.2. The maximum Gasteiger partial charge on any atom is 0.244 e. The molecule has 0 aliphatic carbocycles. The first kappa shape index (κ1) is 21.3. The van der Waals surface area contributed by atoms with Gasteiger partial charge in [0, 0.05) is 6.04 Å². The van der Waals surface area contributed by atoms with E-state index in [1.807, 2.05) is 49.4 Å². The summed E-state index contributed by atoms with van der Waals surface area (Å²) in [7, 11) is -3.73. The number of benzene rings is 2. The van der Waals surface area contributed by atoms with Gasteiger partial charge in [-0.1, -0.05) is 63.2 Å². The van der Waals surface area contributed by atoms with Crippen LogP contribution in [0.1, 0.15) is 61.7 Å². The fourth-order valence-electron chi connectivity index (χ4n) is 3.58. The minimum Gasteiger partial charge on any atom is -0.236 e. The van der Waals surface area contributed by atoms with Gasteiger partial charge in [-0.3, -0.25) is 0 Å². The van der Waals surface area contributed by atoms with E-state index in [0.29, 0.717) is 23.7 Å². The van der Waals surface area contributed by atoms with Crippen LogP contribution in [0.4, 0.5) is 0 Å². The molecule has 5 nitrogen and oxygen atoms in total. The summed E-state index contributed by atoms with van der Waals surface area (Å²) in [5, 5.41) is 4.48. The van der Waals surface area contributed by atoms with Crippen LogP contribution in [-0.4, -0.2) is 18.2 Å². The summed E-state index contributed by atoms with van der Waals surface area (Å²) in [6.07, 6.45) is 0.658. The molecule has 0 saturated heterocycles. The average molecular weight is 412 g/mol. The normalized spacial score (nSPS) is 13.0. The van der Waals surface area contributed by atoms with Crippen molar-refractivity contribution in [3.8, 4) is 5.69 Å². The summed E-state index contributed by atoms with van der Waals surface area (Å²) >= 11 is 0. The summed E-state index contributed by atoms with van der Waals surface area (Å²) in [4.78, 5) is 0.249. The number of nitrogens with one attached hydrogen (secondary N) is 1. The van der Waals surface area contributed by atoms with Crippen LogP contribution < -0.4 is 4.72 Å². The molecule has 0 aliphatic rings. The number of hydrogen-bond acceptors (Lipinski definition) is 3. The van der Waals surface area contributed by atoms with Crippen LogP contribution in [0.5, 0.6) is 0 Å². The molecule has 0 bridgehead atoms. The molecule has 1 unspecified atom stereocenters. The van der Waals surface area contributed by atoms with Crippen molar-refractivity contribution in [3.63, 3.8) is 0 Å². The molecule has 2 aromatic carbocycles. The smallest absolute Gasteiger partial charge is 0.236 e. The molecule has 3 rings (SSSR count). The van der Waals surface area contributed by atoms with Gasteiger partial charge in [0.2, 0.25) is 10.0 Å². The highest BCUT2D eigenvalue weighted by Crippen LogP contribution is 2.26. The lowest BCUT2D eigenvalue weighted by molar-refractivity contribution is 0.549. The van der Waals surface area contributed by atoms with Gasteiger partial charge in [0.05, 0.1) is 17.1 Å².